The molecule has 1 atom stereocenters. The quantitative estimate of drug-likeness (QED) is 0.811. The summed E-state index contributed by atoms with van der Waals surface area (Å²) in [5.41, 5.74) is 2.83. The number of benzene rings is 1. The van der Waals surface area contributed by atoms with Crippen molar-refractivity contribution in [1.29, 1.82) is 0 Å². The van der Waals surface area contributed by atoms with Gasteiger partial charge in [-0.25, -0.2) is 0 Å². The molecule has 3 heterocycles. The lowest BCUT2D eigenvalue weighted by molar-refractivity contribution is -0.134. The molecule has 0 unspecified atom stereocenters. The largest absolute Gasteiger partial charge is 0.379 e. The second kappa shape index (κ2) is 8.72. The number of fused-ring (bicyclic) bond motifs is 1. The number of amides is 1. The lowest BCUT2D eigenvalue weighted by atomic mass is 9.89. The topological polar surface area (TPSA) is 36.0 Å². The van der Waals surface area contributed by atoms with Gasteiger partial charge in [0.2, 0.25) is 5.91 Å². The predicted octanol–water partition coefficient (Wildman–Crippen LogP) is 2.00. The second-order valence-corrected chi connectivity index (χ2v) is 8.34. The third-order valence-electron chi connectivity index (χ3n) is 6.76. The Kier molecular flexibility index (Phi) is 6.11. The molecule has 2 fully saturated rings. The molecular formula is C22H33N3O2. The molecule has 3 aliphatic rings. The first-order valence-electron chi connectivity index (χ1n) is 10.6. The monoisotopic (exact) mass is 371 g/mol. The van der Waals surface area contributed by atoms with Crippen LogP contribution >= 0.6 is 0 Å². The molecule has 27 heavy (non-hydrogen) atoms. The first kappa shape index (κ1) is 18.9. The van der Waals surface area contributed by atoms with E-state index in [9.17, 15) is 4.79 Å². The summed E-state index contributed by atoms with van der Waals surface area (Å²) in [7, 11) is 0. The Hall–Kier alpha value is -1.43. The zero-order chi connectivity index (χ0) is 18.6. The van der Waals surface area contributed by atoms with Gasteiger partial charge in [0.25, 0.3) is 0 Å². The highest BCUT2D eigenvalue weighted by atomic mass is 16.5. The van der Waals surface area contributed by atoms with Gasteiger partial charge in [0.1, 0.15) is 0 Å². The summed E-state index contributed by atoms with van der Waals surface area (Å²) in [6.07, 6.45) is 3.32. The Morgan fingerprint density at radius 1 is 1.07 bits per heavy atom. The Morgan fingerprint density at radius 2 is 1.78 bits per heavy atom. The van der Waals surface area contributed by atoms with E-state index in [1.807, 2.05) is 0 Å². The van der Waals surface area contributed by atoms with Gasteiger partial charge in [0.15, 0.2) is 0 Å². The molecule has 3 aliphatic heterocycles. The van der Waals surface area contributed by atoms with Crippen molar-refractivity contribution in [2.75, 3.05) is 52.5 Å². The van der Waals surface area contributed by atoms with Crippen LogP contribution in [-0.4, -0.2) is 79.1 Å². The van der Waals surface area contributed by atoms with Crippen molar-refractivity contribution < 1.29 is 9.53 Å². The molecule has 1 aromatic carbocycles. The molecule has 1 aromatic rings. The van der Waals surface area contributed by atoms with Gasteiger partial charge in [0, 0.05) is 45.3 Å². The zero-order valence-corrected chi connectivity index (χ0v) is 16.6. The van der Waals surface area contributed by atoms with Gasteiger partial charge < -0.3 is 9.64 Å². The number of ether oxygens (including phenoxy) is 1. The number of rotatable bonds is 4. The molecule has 0 bridgehead atoms. The molecule has 0 spiro atoms. The van der Waals surface area contributed by atoms with Crippen LogP contribution in [0.4, 0.5) is 0 Å². The van der Waals surface area contributed by atoms with E-state index in [1.165, 1.54) is 11.1 Å². The van der Waals surface area contributed by atoms with Gasteiger partial charge in [-0.15, -0.1) is 0 Å². The fraction of sp³-hybridized carbons (Fsp3) is 0.682. The van der Waals surface area contributed by atoms with Gasteiger partial charge in [-0.3, -0.25) is 14.6 Å². The van der Waals surface area contributed by atoms with Gasteiger partial charge in [0.05, 0.1) is 19.8 Å². The fourth-order valence-electron chi connectivity index (χ4n) is 4.89. The van der Waals surface area contributed by atoms with Crippen molar-refractivity contribution in [2.45, 2.75) is 38.8 Å². The molecule has 0 aliphatic carbocycles. The van der Waals surface area contributed by atoms with Crippen molar-refractivity contribution in [3.63, 3.8) is 0 Å². The average molecular weight is 372 g/mol. The predicted molar refractivity (Wildman–Crippen MR) is 107 cm³/mol. The van der Waals surface area contributed by atoms with E-state index in [0.29, 0.717) is 24.4 Å². The molecule has 0 radical (unpaired) electrons. The number of morpholine rings is 1. The van der Waals surface area contributed by atoms with Gasteiger partial charge in [-0.05, 0) is 43.2 Å². The summed E-state index contributed by atoms with van der Waals surface area (Å²) < 4.78 is 5.48. The molecule has 148 valence electrons. The van der Waals surface area contributed by atoms with E-state index in [1.54, 1.807) is 0 Å². The van der Waals surface area contributed by atoms with Crippen molar-refractivity contribution in [2.24, 2.45) is 5.92 Å². The lowest BCUT2D eigenvalue weighted by Crippen LogP contribution is -2.50. The van der Waals surface area contributed by atoms with Crippen LogP contribution in [0.2, 0.25) is 0 Å². The van der Waals surface area contributed by atoms with Crippen LogP contribution in [0.1, 0.15) is 30.9 Å². The Bertz CT molecular complexity index is 636. The van der Waals surface area contributed by atoms with Crippen LogP contribution in [0.3, 0.4) is 0 Å². The van der Waals surface area contributed by atoms with Crippen molar-refractivity contribution in [3.05, 3.63) is 35.4 Å². The molecule has 2 saturated heterocycles. The Balaban J connectivity index is 1.24. The number of hydrogen-bond acceptors (Lipinski definition) is 4. The number of piperidine rings is 1. The van der Waals surface area contributed by atoms with E-state index in [2.05, 4.69) is 45.9 Å². The van der Waals surface area contributed by atoms with Crippen LogP contribution < -0.4 is 0 Å². The zero-order valence-electron chi connectivity index (χ0n) is 16.6. The maximum atomic E-state index is 12.8. The number of hydrogen-bond donors (Lipinski definition) is 0. The summed E-state index contributed by atoms with van der Waals surface area (Å²) >= 11 is 0. The number of carbonyl (C=O) groups is 1. The average Bonchev–Trinajstić information content (AvgIpc) is 2.74. The summed E-state index contributed by atoms with van der Waals surface area (Å²) in [5, 5.41) is 0. The van der Waals surface area contributed by atoms with E-state index in [-0.39, 0.29) is 0 Å². The van der Waals surface area contributed by atoms with Gasteiger partial charge in [-0.2, -0.15) is 0 Å². The molecule has 0 saturated carbocycles. The normalized spacial score (nSPS) is 23.8. The fourth-order valence-corrected chi connectivity index (χ4v) is 4.89. The van der Waals surface area contributed by atoms with Crippen LogP contribution in [0.25, 0.3) is 0 Å². The first-order chi connectivity index (χ1) is 13.2. The summed E-state index contributed by atoms with van der Waals surface area (Å²) in [6.45, 7) is 10.5. The highest BCUT2D eigenvalue weighted by molar-refractivity contribution is 5.78. The van der Waals surface area contributed by atoms with Gasteiger partial charge >= 0.3 is 0 Å². The van der Waals surface area contributed by atoms with Crippen LogP contribution in [0.15, 0.2) is 24.3 Å². The van der Waals surface area contributed by atoms with Gasteiger partial charge in [-0.1, -0.05) is 24.3 Å². The molecule has 1 amide bonds. The molecule has 0 aromatic heterocycles. The van der Waals surface area contributed by atoms with Crippen molar-refractivity contribution in [3.8, 4) is 0 Å². The second-order valence-electron chi connectivity index (χ2n) is 8.34. The minimum absolute atomic E-state index is 0.312. The van der Waals surface area contributed by atoms with Crippen LogP contribution in [0, 0.1) is 5.92 Å². The number of nitrogens with zero attached hydrogens (tertiary/aromatic N) is 3. The Labute approximate surface area is 163 Å². The molecule has 0 N–H and O–H groups in total. The Morgan fingerprint density at radius 3 is 2.52 bits per heavy atom. The van der Waals surface area contributed by atoms with E-state index < -0.39 is 0 Å². The van der Waals surface area contributed by atoms with Crippen molar-refractivity contribution >= 4 is 5.91 Å². The molecule has 5 nitrogen and oxygen atoms in total. The third kappa shape index (κ3) is 4.53. The van der Waals surface area contributed by atoms with E-state index in [0.717, 1.165) is 71.7 Å². The highest BCUT2D eigenvalue weighted by Gasteiger charge is 2.30. The first-order valence-corrected chi connectivity index (χ1v) is 10.6. The minimum Gasteiger partial charge on any atom is -0.379 e. The maximum absolute atomic E-state index is 12.8. The van der Waals surface area contributed by atoms with E-state index >= 15 is 0 Å². The molecular weight excluding hydrogens is 338 g/mol. The SMILES string of the molecule is C[C@@H](C1CCN(C(=O)CN2CCc3ccccc3C2)CC1)N1CCOCC1. The molecule has 5 heteroatoms. The van der Waals surface area contributed by atoms with Crippen LogP contribution in [0.5, 0.6) is 0 Å². The highest BCUT2D eigenvalue weighted by Crippen LogP contribution is 2.25. The minimum atomic E-state index is 0.312. The van der Waals surface area contributed by atoms with E-state index in [4.69, 9.17) is 4.74 Å². The summed E-state index contributed by atoms with van der Waals surface area (Å²) in [4.78, 5) is 19.8. The number of likely N-dealkylation sites (tertiary alicyclic amines) is 1. The standard InChI is InChI=1S/C22H33N3O2/c1-18(24-12-14-27-15-13-24)19-7-10-25(11-8-19)22(26)17-23-9-6-20-4-2-3-5-21(20)16-23/h2-5,18-19H,6-17H2,1H3/t18-/m0/s1. The lowest BCUT2D eigenvalue weighted by Gasteiger charge is -2.41. The van der Waals surface area contributed by atoms with Crippen LogP contribution in [-0.2, 0) is 22.5 Å². The maximum Gasteiger partial charge on any atom is 0.236 e. The summed E-state index contributed by atoms with van der Waals surface area (Å²) in [6, 6.07) is 9.23. The third-order valence-corrected chi connectivity index (χ3v) is 6.76. The van der Waals surface area contributed by atoms with Crippen molar-refractivity contribution in [1.82, 2.24) is 14.7 Å². The summed E-state index contributed by atoms with van der Waals surface area (Å²) in [5.74, 6) is 1.01. The number of carbonyl (C=O) groups excluding carboxylic acids is 1. The smallest absolute Gasteiger partial charge is 0.236 e. The molecule has 4 rings (SSSR count).